The van der Waals surface area contributed by atoms with Crippen molar-refractivity contribution in [3.05, 3.63) is 78.6 Å². The molecule has 0 fully saturated rings. The van der Waals surface area contributed by atoms with E-state index in [0.717, 1.165) is 39.7 Å². The summed E-state index contributed by atoms with van der Waals surface area (Å²) in [5, 5.41) is 2.89. The third-order valence-corrected chi connectivity index (χ3v) is 5.74. The Balaban J connectivity index is 1.73. The molecule has 7 nitrogen and oxygen atoms in total. The molecule has 0 radical (unpaired) electrons. The first-order chi connectivity index (χ1) is 15.2. The number of nitrogens with one attached hydrogen (secondary N) is 2. The quantitative estimate of drug-likeness (QED) is 0.461. The lowest BCUT2D eigenvalue weighted by molar-refractivity contribution is -0.119. The van der Waals surface area contributed by atoms with Crippen LogP contribution in [-0.2, 0) is 14.8 Å². The summed E-state index contributed by atoms with van der Waals surface area (Å²) >= 11 is 0. The fourth-order valence-corrected chi connectivity index (χ4v) is 4.32. The zero-order valence-corrected chi connectivity index (χ0v) is 18.8. The lowest BCUT2D eigenvalue weighted by atomic mass is 10.0. The van der Waals surface area contributed by atoms with Crippen molar-refractivity contribution in [2.75, 3.05) is 11.0 Å². The standard InChI is InChI=1S/C24H24N4O3S/c1-16(26-17(2)29)18-11-12-24-23(14-18)25-15-28(24)20-8-6-7-19(13-20)21-9-4-5-10-22(21)27-32(3,30)31/h4-16,27H,1-3H3,(H,26,29)/t16-/m1/s1. The SMILES string of the molecule is CC(=O)N[C@H](C)c1ccc2c(c1)ncn2-c1cccc(-c2ccccc2NS(C)(=O)=O)c1. The lowest BCUT2D eigenvalue weighted by Crippen LogP contribution is -2.23. The van der Waals surface area contributed by atoms with Crippen molar-refractivity contribution >= 4 is 32.7 Å². The van der Waals surface area contributed by atoms with Gasteiger partial charge in [-0.3, -0.25) is 14.1 Å². The normalized spacial score (nSPS) is 12.5. The van der Waals surface area contributed by atoms with Crippen molar-refractivity contribution in [2.24, 2.45) is 0 Å². The zero-order valence-electron chi connectivity index (χ0n) is 18.0. The Morgan fingerprint density at radius 2 is 1.81 bits per heavy atom. The van der Waals surface area contributed by atoms with Crippen LogP contribution in [0.25, 0.3) is 27.8 Å². The minimum absolute atomic E-state index is 0.0782. The molecule has 0 bridgehead atoms. The van der Waals surface area contributed by atoms with E-state index < -0.39 is 10.0 Å². The van der Waals surface area contributed by atoms with Gasteiger partial charge in [0.2, 0.25) is 15.9 Å². The van der Waals surface area contributed by atoms with Gasteiger partial charge in [0.05, 0.1) is 29.0 Å². The van der Waals surface area contributed by atoms with E-state index in [1.807, 2.05) is 66.1 Å². The summed E-state index contributed by atoms with van der Waals surface area (Å²) in [6.45, 7) is 3.44. The van der Waals surface area contributed by atoms with E-state index in [1.54, 1.807) is 18.5 Å². The average molecular weight is 449 g/mol. The molecule has 4 rings (SSSR count). The lowest BCUT2D eigenvalue weighted by Gasteiger charge is -2.14. The van der Waals surface area contributed by atoms with E-state index in [2.05, 4.69) is 15.0 Å². The van der Waals surface area contributed by atoms with Gasteiger partial charge in [0.1, 0.15) is 6.33 Å². The molecule has 1 heterocycles. The van der Waals surface area contributed by atoms with Crippen molar-refractivity contribution in [2.45, 2.75) is 19.9 Å². The minimum Gasteiger partial charge on any atom is -0.350 e. The number of aromatic nitrogens is 2. The van der Waals surface area contributed by atoms with Crippen LogP contribution in [0.2, 0.25) is 0 Å². The molecular weight excluding hydrogens is 424 g/mol. The molecule has 1 atom stereocenters. The van der Waals surface area contributed by atoms with E-state index >= 15 is 0 Å². The number of carbonyl (C=O) groups is 1. The molecule has 0 unspecified atom stereocenters. The molecule has 0 spiro atoms. The van der Waals surface area contributed by atoms with Crippen molar-refractivity contribution in [3.8, 4) is 16.8 Å². The number of amides is 1. The number of anilines is 1. The number of fused-ring (bicyclic) bond motifs is 1. The van der Waals surface area contributed by atoms with Crippen LogP contribution in [0.5, 0.6) is 0 Å². The number of imidazole rings is 1. The third-order valence-electron chi connectivity index (χ3n) is 5.15. The molecule has 0 saturated heterocycles. The summed E-state index contributed by atoms with van der Waals surface area (Å²) in [7, 11) is -3.40. The highest BCUT2D eigenvalue weighted by Crippen LogP contribution is 2.31. The van der Waals surface area contributed by atoms with Crippen LogP contribution in [0.15, 0.2) is 73.1 Å². The molecule has 0 aliphatic rings. The van der Waals surface area contributed by atoms with Crippen LogP contribution in [0.4, 0.5) is 5.69 Å². The van der Waals surface area contributed by atoms with Gasteiger partial charge in [-0.15, -0.1) is 0 Å². The van der Waals surface area contributed by atoms with Gasteiger partial charge < -0.3 is 5.32 Å². The molecular formula is C24H24N4O3S. The van der Waals surface area contributed by atoms with Crippen LogP contribution in [-0.4, -0.2) is 30.1 Å². The van der Waals surface area contributed by atoms with Gasteiger partial charge in [0.15, 0.2) is 0 Å². The van der Waals surface area contributed by atoms with Gasteiger partial charge in [0, 0.05) is 18.2 Å². The Morgan fingerprint density at radius 1 is 1.03 bits per heavy atom. The summed E-state index contributed by atoms with van der Waals surface area (Å²) in [6.07, 6.45) is 2.90. The molecule has 0 saturated carbocycles. The van der Waals surface area contributed by atoms with Gasteiger partial charge >= 0.3 is 0 Å². The largest absolute Gasteiger partial charge is 0.350 e. The summed E-state index contributed by atoms with van der Waals surface area (Å²) in [5.41, 5.74) is 5.84. The highest BCUT2D eigenvalue weighted by atomic mass is 32.2. The van der Waals surface area contributed by atoms with Crippen LogP contribution in [0.3, 0.4) is 0 Å². The predicted octanol–water partition coefficient (Wildman–Crippen LogP) is 4.26. The fraction of sp³-hybridized carbons (Fsp3) is 0.167. The Labute approximate surface area is 187 Å². The topological polar surface area (TPSA) is 93.1 Å². The Kier molecular flexibility index (Phi) is 5.71. The predicted molar refractivity (Wildman–Crippen MR) is 127 cm³/mol. The number of sulfonamides is 1. The molecule has 4 aromatic rings. The average Bonchev–Trinajstić information content (AvgIpc) is 3.16. The van der Waals surface area contributed by atoms with Gasteiger partial charge in [-0.1, -0.05) is 36.4 Å². The first-order valence-corrected chi connectivity index (χ1v) is 12.0. The number of benzene rings is 3. The number of para-hydroxylation sites is 1. The van der Waals surface area contributed by atoms with Crippen molar-refractivity contribution in [1.29, 1.82) is 0 Å². The monoisotopic (exact) mass is 448 g/mol. The van der Waals surface area contributed by atoms with Gasteiger partial charge in [-0.2, -0.15) is 0 Å². The highest BCUT2D eigenvalue weighted by molar-refractivity contribution is 7.92. The molecule has 0 aliphatic carbocycles. The Hall–Kier alpha value is -3.65. The van der Waals surface area contributed by atoms with Gasteiger partial charge in [-0.25, -0.2) is 13.4 Å². The Morgan fingerprint density at radius 3 is 2.56 bits per heavy atom. The van der Waals surface area contributed by atoms with E-state index in [9.17, 15) is 13.2 Å². The van der Waals surface area contributed by atoms with Gasteiger partial charge in [-0.05, 0) is 48.4 Å². The summed E-state index contributed by atoms with van der Waals surface area (Å²) in [4.78, 5) is 15.9. The number of hydrogen-bond donors (Lipinski definition) is 2. The number of nitrogens with zero attached hydrogens (tertiary/aromatic N) is 2. The number of rotatable bonds is 6. The van der Waals surface area contributed by atoms with Crippen molar-refractivity contribution < 1.29 is 13.2 Å². The van der Waals surface area contributed by atoms with Crippen LogP contribution in [0, 0.1) is 0 Å². The zero-order chi connectivity index (χ0) is 22.9. The summed E-state index contributed by atoms with van der Waals surface area (Å²) in [6, 6.07) is 21.0. The molecule has 0 aliphatic heterocycles. The smallest absolute Gasteiger partial charge is 0.229 e. The molecule has 1 amide bonds. The number of hydrogen-bond acceptors (Lipinski definition) is 4. The fourth-order valence-electron chi connectivity index (χ4n) is 3.74. The van der Waals surface area contributed by atoms with Gasteiger partial charge in [0.25, 0.3) is 0 Å². The molecule has 1 aromatic heterocycles. The maximum absolute atomic E-state index is 11.8. The van der Waals surface area contributed by atoms with E-state index in [4.69, 9.17) is 0 Å². The van der Waals surface area contributed by atoms with E-state index in [-0.39, 0.29) is 11.9 Å². The molecule has 164 valence electrons. The van der Waals surface area contributed by atoms with Crippen LogP contribution < -0.4 is 10.0 Å². The second-order valence-corrected chi connectivity index (χ2v) is 9.50. The maximum atomic E-state index is 11.8. The third kappa shape index (κ3) is 4.65. The first kappa shape index (κ1) is 21.6. The van der Waals surface area contributed by atoms with Crippen LogP contribution >= 0.6 is 0 Å². The Bertz CT molecular complexity index is 1410. The molecule has 8 heteroatoms. The van der Waals surface area contributed by atoms with Crippen molar-refractivity contribution in [1.82, 2.24) is 14.9 Å². The van der Waals surface area contributed by atoms with E-state index in [0.29, 0.717) is 5.69 Å². The molecule has 3 aromatic carbocycles. The maximum Gasteiger partial charge on any atom is 0.229 e. The second kappa shape index (κ2) is 8.47. The highest BCUT2D eigenvalue weighted by Gasteiger charge is 2.13. The summed E-state index contributed by atoms with van der Waals surface area (Å²) < 4.78 is 28.1. The van der Waals surface area contributed by atoms with E-state index in [1.165, 1.54) is 6.92 Å². The molecule has 2 N–H and O–H groups in total. The first-order valence-electron chi connectivity index (χ1n) is 10.1. The molecule has 32 heavy (non-hydrogen) atoms. The van der Waals surface area contributed by atoms with Crippen molar-refractivity contribution in [3.63, 3.8) is 0 Å². The summed E-state index contributed by atoms with van der Waals surface area (Å²) in [5.74, 6) is -0.0782. The number of carbonyl (C=O) groups excluding carboxylic acids is 1. The van der Waals surface area contributed by atoms with Crippen LogP contribution in [0.1, 0.15) is 25.5 Å². The minimum atomic E-state index is -3.40. The second-order valence-electron chi connectivity index (χ2n) is 7.76.